The number of hydrogen-bond acceptors (Lipinski definition) is 4. The minimum Gasteiger partial charge on any atom is -0.481 e. The molecule has 0 spiro atoms. The number of hydrogen-bond donors (Lipinski definition) is 1. The normalized spacial score (nSPS) is 45.3. The first-order valence-corrected chi connectivity index (χ1v) is 11.4. The maximum Gasteiger partial charge on any atom is 0.303 e. The minimum absolute atomic E-state index is 0.0659. The van der Waals surface area contributed by atoms with Crippen molar-refractivity contribution in [1.82, 2.24) is 0 Å². The van der Waals surface area contributed by atoms with Crippen LogP contribution >= 0.6 is 0 Å². The lowest BCUT2D eigenvalue weighted by Crippen LogP contribution is -2.60. The van der Waals surface area contributed by atoms with Gasteiger partial charge in [-0.05, 0) is 60.7 Å². The summed E-state index contributed by atoms with van der Waals surface area (Å²) in [6.45, 7) is 6.37. The van der Waals surface area contributed by atoms with Gasteiger partial charge in [0.1, 0.15) is 17.3 Å². The Morgan fingerprint density at radius 3 is 2.52 bits per heavy atom. The number of carboxylic acid groups (broad SMARTS) is 1. The van der Waals surface area contributed by atoms with Crippen molar-refractivity contribution < 1.29 is 24.3 Å². The van der Waals surface area contributed by atoms with Gasteiger partial charge in [0.2, 0.25) is 0 Å². The quantitative estimate of drug-likeness (QED) is 0.766. The van der Waals surface area contributed by atoms with E-state index in [4.69, 9.17) is 5.11 Å². The van der Waals surface area contributed by atoms with Gasteiger partial charge in [0.05, 0.1) is 0 Å². The van der Waals surface area contributed by atoms with Crippen molar-refractivity contribution >= 4 is 23.3 Å². The number of fused-ring (bicyclic) bond motifs is 5. The molecule has 0 amide bonds. The number of Topliss-reactive ketones (excluding diaryl/α,β-unsaturated/α-hetero) is 3. The second-order valence-corrected chi connectivity index (χ2v) is 10.9. The second-order valence-electron chi connectivity index (χ2n) is 10.9. The number of aliphatic carboxylic acids is 1. The number of carbonyl (C=O) groups excluding carboxylic acids is 3. The fourth-order valence-electron chi connectivity index (χ4n) is 7.94. The molecule has 0 bridgehead atoms. The van der Waals surface area contributed by atoms with E-state index < -0.39 is 11.4 Å². The molecule has 160 valence electrons. The number of carboxylic acids is 1. The summed E-state index contributed by atoms with van der Waals surface area (Å²) in [6, 6.07) is 0. The summed E-state index contributed by atoms with van der Waals surface area (Å²) in [4.78, 5) is 50.0. The van der Waals surface area contributed by atoms with Crippen molar-refractivity contribution in [2.45, 2.75) is 78.6 Å². The van der Waals surface area contributed by atoms with Crippen molar-refractivity contribution in [3.63, 3.8) is 0 Å². The molecule has 0 radical (unpaired) electrons. The summed E-state index contributed by atoms with van der Waals surface area (Å²) < 4.78 is 0. The Hall–Kier alpha value is -1.52. The zero-order valence-corrected chi connectivity index (χ0v) is 17.9. The molecule has 5 heteroatoms. The minimum atomic E-state index is -0.792. The van der Waals surface area contributed by atoms with Crippen LogP contribution in [0.4, 0.5) is 0 Å². The molecule has 0 saturated heterocycles. The molecule has 5 nitrogen and oxygen atoms in total. The summed E-state index contributed by atoms with van der Waals surface area (Å²) in [7, 11) is 0. The van der Waals surface area contributed by atoms with Crippen molar-refractivity contribution in [3.05, 3.63) is 0 Å². The van der Waals surface area contributed by atoms with Gasteiger partial charge < -0.3 is 5.11 Å². The predicted molar refractivity (Wildman–Crippen MR) is 107 cm³/mol. The largest absolute Gasteiger partial charge is 0.481 e. The second kappa shape index (κ2) is 7.02. The standard InChI is InChI=1S/C24H34O5/c1-13(4-7-21(28)29)16-5-6-17-22-18(12-20(27)24(16,17)3)23(2)9-8-15(25)10-14(23)11-19(22)26/h13-14,16-18,22H,4-12H2,1-3H3,(H,28,29)/t13-,14+,16-,17+,18-,22-,23-,24-/m0/s1. The van der Waals surface area contributed by atoms with Gasteiger partial charge in [0.15, 0.2) is 0 Å². The van der Waals surface area contributed by atoms with Gasteiger partial charge in [0, 0.05) is 43.4 Å². The third kappa shape index (κ3) is 3.02. The average Bonchev–Trinajstić information content (AvgIpc) is 3.01. The molecule has 4 saturated carbocycles. The van der Waals surface area contributed by atoms with Crippen LogP contribution in [0.25, 0.3) is 0 Å². The smallest absolute Gasteiger partial charge is 0.303 e. The maximum atomic E-state index is 13.6. The van der Waals surface area contributed by atoms with Crippen LogP contribution in [0.3, 0.4) is 0 Å². The first kappa shape index (κ1) is 20.7. The molecule has 4 aliphatic carbocycles. The van der Waals surface area contributed by atoms with E-state index in [2.05, 4.69) is 20.8 Å². The highest BCUT2D eigenvalue weighted by atomic mass is 16.4. The topological polar surface area (TPSA) is 88.5 Å². The van der Waals surface area contributed by atoms with Crippen LogP contribution in [-0.4, -0.2) is 28.4 Å². The van der Waals surface area contributed by atoms with Gasteiger partial charge in [-0.25, -0.2) is 0 Å². The Morgan fingerprint density at radius 2 is 1.83 bits per heavy atom. The lowest BCUT2D eigenvalue weighted by atomic mass is 9.44. The summed E-state index contributed by atoms with van der Waals surface area (Å²) in [5, 5.41) is 9.06. The van der Waals surface area contributed by atoms with Crippen LogP contribution in [0.15, 0.2) is 0 Å². The van der Waals surface area contributed by atoms with E-state index in [1.165, 1.54) is 0 Å². The molecule has 4 rings (SSSR count). The highest BCUT2D eigenvalue weighted by Crippen LogP contribution is 2.66. The molecule has 0 heterocycles. The summed E-state index contributed by atoms with van der Waals surface area (Å²) in [5.74, 6) is 0.524. The van der Waals surface area contributed by atoms with E-state index in [9.17, 15) is 19.2 Å². The van der Waals surface area contributed by atoms with Crippen LogP contribution in [0.5, 0.6) is 0 Å². The molecule has 4 fully saturated rings. The van der Waals surface area contributed by atoms with Crippen LogP contribution in [-0.2, 0) is 19.2 Å². The molecular weight excluding hydrogens is 368 g/mol. The number of rotatable bonds is 4. The van der Waals surface area contributed by atoms with Crippen molar-refractivity contribution in [1.29, 1.82) is 0 Å². The van der Waals surface area contributed by atoms with Gasteiger partial charge in [-0.2, -0.15) is 0 Å². The molecule has 0 aromatic heterocycles. The van der Waals surface area contributed by atoms with Gasteiger partial charge in [-0.3, -0.25) is 19.2 Å². The van der Waals surface area contributed by atoms with E-state index in [0.717, 1.165) is 19.3 Å². The fourth-order valence-corrected chi connectivity index (χ4v) is 7.94. The Morgan fingerprint density at radius 1 is 1.10 bits per heavy atom. The van der Waals surface area contributed by atoms with Gasteiger partial charge in [0.25, 0.3) is 0 Å². The third-order valence-electron chi connectivity index (χ3n) is 9.72. The SMILES string of the molecule is C[C@@H](CCC(=O)O)[C@@H]1CC[C@@H]2[C@@H]3C(=O)C[C@H]4CC(=O)CC[C@]4(C)[C@H]3CC(=O)[C@]21C. The first-order valence-electron chi connectivity index (χ1n) is 11.4. The molecule has 0 unspecified atom stereocenters. The lowest BCUT2D eigenvalue weighted by molar-refractivity contribution is -0.166. The Labute approximate surface area is 173 Å². The van der Waals surface area contributed by atoms with E-state index in [1.54, 1.807) is 0 Å². The molecular formula is C24H34O5. The molecule has 0 aromatic rings. The van der Waals surface area contributed by atoms with E-state index in [0.29, 0.717) is 32.1 Å². The Bertz CT molecular complexity index is 756. The van der Waals surface area contributed by atoms with Crippen LogP contribution in [0.1, 0.15) is 78.6 Å². The Kier molecular flexibility index (Phi) is 5.02. The van der Waals surface area contributed by atoms with Crippen LogP contribution in [0, 0.1) is 46.3 Å². The monoisotopic (exact) mass is 402 g/mol. The zero-order chi connectivity index (χ0) is 21.1. The highest BCUT2D eigenvalue weighted by Gasteiger charge is 2.66. The molecule has 29 heavy (non-hydrogen) atoms. The number of ketones is 3. The summed E-state index contributed by atoms with van der Waals surface area (Å²) in [5.41, 5.74) is -0.598. The number of carbonyl (C=O) groups is 4. The first-order chi connectivity index (χ1) is 13.6. The average molecular weight is 403 g/mol. The van der Waals surface area contributed by atoms with E-state index in [-0.39, 0.29) is 64.7 Å². The van der Waals surface area contributed by atoms with E-state index in [1.807, 2.05) is 0 Å². The van der Waals surface area contributed by atoms with Crippen molar-refractivity contribution in [2.24, 2.45) is 46.3 Å². The summed E-state index contributed by atoms with van der Waals surface area (Å²) >= 11 is 0. The van der Waals surface area contributed by atoms with Gasteiger partial charge in [-0.15, -0.1) is 0 Å². The van der Waals surface area contributed by atoms with Crippen LogP contribution in [0.2, 0.25) is 0 Å². The van der Waals surface area contributed by atoms with Gasteiger partial charge >= 0.3 is 5.97 Å². The molecule has 0 aliphatic heterocycles. The van der Waals surface area contributed by atoms with Gasteiger partial charge in [-0.1, -0.05) is 20.8 Å². The predicted octanol–water partition coefficient (Wildman–Crippen LogP) is 4.07. The van der Waals surface area contributed by atoms with E-state index >= 15 is 0 Å². The fraction of sp³-hybridized carbons (Fsp3) is 0.833. The zero-order valence-electron chi connectivity index (χ0n) is 17.9. The lowest BCUT2D eigenvalue weighted by Gasteiger charge is -2.58. The molecule has 8 atom stereocenters. The third-order valence-corrected chi connectivity index (χ3v) is 9.72. The summed E-state index contributed by atoms with van der Waals surface area (Å²) in [6.07, 6.45) is 5.33. The van der Waals surface area contributed by atoms with Crippen molar-refractivity contribution in [3.8, 4) is 0 Å². The molecule has 4 aliphatic rings. The van der Waals surface area contributed by atoms with Crippen LogP contribution < -0.4 is 0 Å². The van der Waals surface area contributed by atoms with Crippen molar-refractivity contribution in [2.75, 3.05) is 0 Å². The maximum absolute atomic E-state index is 13.6. The highest BCUT2D eigenvalue weighted by molar-refractivity contribution is 5.93. The molecule has 1 N–H and O–H groups in total. The molecule has 0 aromatic carbocycles. The Balaban J connectivity index is 1.63.